The molecule has 1 heterocycles. The minimum absolute atomic E-state index is 0.000456. The zero-order valence-corrected chi connectivity index (χ0v) is 13.0. The Labute approximate surface area is 139 Å². The fraction of sp³-hybridized carbons (Fsp3) is 0.167. The summed E-state index contributed by atoms with van der Waals surface area (Å²) in [6.45, 7) is 0. The first kappa shape index (κ1) is 15.7. The second-order valence-corrected chi connectivity index (χ2v) is 5.67. The molecule has 0 fully saturated rings. The number of amides is 3. The van der Waals surface area contributed by atoms with Gasteiger partial charge in [-0.1, -0.05) is 0 Å². The SMILES string of the molecule is NC(=O)c1ccc(NC(=O)c2ccc3c(c2)CCCC(=O)N3)cc1. The van der Waals surface area contributed by atoms with Gasteiger partial charge in [0.05, 0.1) is 0 Å². The lowest BCUT2D eigenvalue weighted by Crippen LogP contribution is -2.14. The Morgan fingerprint density at radius 2 is 1.71 bits per heavy atom. The molecule has 122 valence electrons. The molecule has 1 aliphatic heterocycles. The third-order valence-electron chi connectivity index (χ3n) is 3.92. The molecule has 0 radical (unpaired) electrons. The Morgan fingerprint density at radius 3 is 2.42 bits per heavy atom. The van der Waals surface area contributed by atoms with Crippen LogP contribution in [0.3, 0.4) is 0 Å². The van der Waals surface area contributed by atoms with Crippen molar-refractivity contribution in [1.29, 1.82) is 0 Å². The lowest BCUT2D eigenvalue weighted by atomic mass is 10.0. The highest BCUT2D eigenvalue weighted by atomic mass is 16.2. The number of carbonyl (C=O) groups is 3. The molecule has 2 aromatic carbocycles. The summed E-state index contributed by atoms with van der Waals surface area (Å²) < 4.78 is 0. The molecular weight excluding hydrogens is 306 g/mol. The molecule has 2 aromatic rings. The fourth-order valence-corrected chi connectivity index (χ4v) is 2.64. The van der Waals surface area contributed by atoms with Gasteiger partial charge in [0, 0.05) is 28.9 Å². The number of nitrogens with one attached hydrogen (secondary N) is 2. The van der Waals surface area contributed by atoms with Crippen molar-refractivity contribution >= 4 is 29.1 Å². The first-order valence-electron chi connectivity index (χ1n) is 7.67. The second-order valence-electron chi connectivity index (χ2n) is 5.67. The average Bonchev–Trinajstić information content (AvgIpc) is 2.75. The van der Waals surface area contributed by atoms with Crippen molar-refractivity contribution in [2.24, 2.45) is 5.73 Å². The Kier molecular flexibility index (Phi) is 4.29. The van der Waals surface area contributed by atoms with Gasteiger partial charge in [-0.15, -0.1) is 0 Å². The van der Waals surface area contributed by atoms with Crippen LogP contribution in [0.1, 0.15) is 39.1 Å². The smallest absolute Gasteiger partial charge is 0.255 e. The van der Waals surface area contributed by atoms with Crippen LogP contribution in [-0.4, -0.2) is 17.7 Å². The summed E-state index contributed by atoms with van der Waals surface area (Å²) in [6.07, 6.45) is 2.00. The van der Waals surface area contributed by atoms with E-state index < -0.39 is 5.91 Å². The van der Waals surface area contributed by atoms with Crippen molar-refractivity contribution in [1.82, 2.24) is 0 Å². The van der Waals surface area contributed by atoms with Gasteiger partial charge in [0.1, 0.15) is 0 Å². The molecule has 0 saturated carbocycles. The number of hydrogen-bond donors (Lipinski definition) is 3. The monoisotopic (exact) mass is 323 g/mol. The van der Waals surface area contributed by atoms with Crippen LogP contribution in [0.25, 0.3) is 0 Å². The highest BCUT2D eigenvalue weighted by molar-refractivity contribution is 6.05. The largest absolute Gasteiger partial charge is 0.366 e. The molecule has 0 aromatic heterocycles. The average molecular weight is 323 g/mol. The number of nitrogens with two attached hydrogens (primary N) is 1. The molecule has 3 amide bonds. The normalized spacial score (nSPS) is 13.4. The molecule has 3 rings (SSSR count). The van der Waals surface area contributed by atoms with Gasteiger partial charge in [0.15, 0.2) is 0 Å². The van der Waals surface area contributed by atoms with E-state index in [1.807, 2.05) is 0 Å². The molecular formula is C18H17N3O3. The quantitative estimate of drug-likeness (QED) is 0.808. The maximum atomic E-state index is 12.4. The Bertz CT molecular complexity index is 813. The Balaban J connectivity index is 1.76. The first-order valence-corrected chi connectivity index (χ1v) is 7.67. The van der Waals surface area contributed by atoms with Crippen molar-refractivity contribution in [3.63, 3.8) is 0 Å². The van der Waals surface area contributed by atoms with E-state index >= 15 is 0 Å². The van der Waals surface area contributed by atoms with Crippen LogP contribution in [0.15, 0.2) is 42.5 Å². The van der Waals surface area contributed by atoms with Crippen molar-refractivity contribution < 1.29 is 14.4 Å². The number of fused-ring (bicyclic) bond motifs is 1. The van der Waals surface area contributed by atoms with Crippen LogP contribution in [0, 0.1) is 0 Å². The standard InChI is InChI=1S/C18H17N3O3/c19-17(23)11-4-7-14(8-5-11)20-18(24)13-6-9-15-12(10-13)2-1-3-16(22)21-15/h4-10H,1-3H2,(H2,19,23)(H,20,24)(H,21,22). The number of anilines is 2. The van der Waals surface area contributed by atoms with Gasteiger partial charge in [0.2, 0.25) is 11.8 Å². The van der Waals surface area contributed by atoms with E-state index in [1.165, 1.54) is 0 Å². The molecule has 6 nitrogen and oxygen atoms in total. The molecule has 24 heavy (non-hydrogen) atoms. The van der Waals surface area contributed by atoms with Crippen LogP contribution in [0.2, 0.25) is 0 Å². The summed E-state index contributed by atoms with van der Waals surface area (Å²) in [5, 5.41) is 5.62. The van der Waals surface area contributed by atoms with E-state index in [0.717, 1.165) is 24.1 Å². The summed E-state index contributed by atoms with van der Waals surface area (Å²) in [4.78, 5) is 35.0. The highest BCUT2D eigenvalue weighted by Crippen LogP contribution is 2.23. The van der Waals surface area contributed by atoms with Gasteiger partial charge in [0.25, 0.3) is 5.91 Å². The van der Waals surface area contributed by atoms with Crippen LogP contribution >= 0.6 is 0 Å². The summed E-state index contributed by atoms with van der Waals surface area (Å²) >= 11 is 0. The van der Waals surface area contributed by atoms with Gasteiger partial charge in [-0.2, -0.15) is 0 Å². The second kappa shape index (κ2) is 6.54. The fourth-order valence-electron chi connectivity index (χ4n) is 2.64. The van der Waals surface area contributed by atoms with Gasteiger partial charge in [-0.25, -0.2) is 0 Å². The van der Waals surface area contributed by atoms with Crippen LogP contribution < -0.4 is 16.4 Å². The van der Waals surface area contributed by atoms with Crippen LogP contribution in [-0.2, 0) is 11.2 Å². The van der Waals surface area contributed by atoms with Gasteiger partial charge < -0.3 is 16.4 Å². The third kappa shape index (κ3) is 3.43. The zero-order valence-electron chi connectivity index (χ0n) is 13.0. The minimum atomic E-state index is -0.513. The van der Waals surface area contributed by atoms with Gasteiger partial charge in [-0.05, 0) is 60.9 Å². The molecule has 6 heteroatoms. The highest BCUT2D eigenvalue weighted by Gasteiger charge is 2.15. The first-order chi connectivity index (χ1) is 11.5. The minimum Gasteiger partial charge on any atom is -0.366 e. The lowest BCUT2D eigenvalue weighted by Gasteiger charge is -2.10. The number of benzene rings is 2. The van der Waals surface area contributed by atoms with E-state index in [-0.39, 0.29) is 11.8 Å². The van der Waals surface area contributed by atoms with E-state index in [1.54, 1.807) is 42.5 Å². The maximum absolute atomic E-state index is 12.4. The number of aryl methyl sites for hydroxylation is 1. The molecule has 0 unspecified atom stereocenters. The van der Waals surface area contributed by atoms with E-state index in [2.05, 4.69) is 10.6 Å². The summed E-state index contributed by atoms with van der Waals surface area (Å²) in [6, 6.07) is 11.6. The molecule has 0 saturated heterocycles. The number of primary amides is 1. The van der Waals surface area contributed by atoms with Crippen LogP contribution in [0.4, 0.5) is 11.4 Å². The van der Waals surface area contributed by atoms with E-state index in [9.17, 15) is 14.4 Å². The van der Waals surface area contributed by atoms with Crippen molar-refractivity contribution in [3.8, 4) is 0 Å². The topological polar surface area (TPSA) is 101 Å². The van der Waals surface area contributed by atoms with Crippen molar-refractivity contribution in [2.45, 2.75) is 19.3 Å². The van der Waals surface area contributed by atoms with Gasteiger partial charge in [-0.3, -0.25) is 14.4 Å². The molecule has 0 aliphatic carbocycles. The van der Waals surface area contributed by atoms with Gasteiger partial charge >= 0.3 is 0 Å². The third-order valence-corrected chi connectivity index (χ3v) is 3.92. The Hall–Kier alpha value is -3.15. The molecule has 1 aliphatic rings. The van der Waals surface area contributed by atoms with E-state index in [4.69, 9.17) is 5.73 Å². The number of hydrogen-bond acceptors (Lipinski definition) is 3. The molecule has 0 bridgehead atoms. The Morgan fingerprint density at radius 1 is 1.00 bits per heavy atom. The van der Waals surface area contributed by atoms with Crippen LogP contribution in [0.5, 0.6) is 0 Å². The maximum Gasteiger partial charge on any atom is 0.255 e. The summed E-state index contributed by atoms with van der Waals surface area (Å²) in [5.74, 6) is -0.763. The number of carbonyl (C=O) groups excluding carboxylic acids is 3. The predicted molar refractivity (Wildman–Crippen MR) is 90.9 cm³/mol. The molecule has 4 N–H and O–H groups in total. The molecule has 0 spiro atoms. The summed E-state index contributed by atoms with van der Waals surface area (Å²) in [5.41, 5.74) is 8.38. The number of rotatable bonds is 3. The summed E-state index contributed by atoms with van der Waals surface area (Å²) in [7, 11) is 0. The van der Waals surface area contributed by atoms with Crippen molar-refractivity contribution in [3.05, 3.63) is 59.2 Å². The van der Waals surface area contributed by atoms with Crippen molar-refractivity contribution in [2.75, 3.05) is 10.6 Å². The zero-order chi connectivity index (χ0) is 17.1. The molecule has 0 atom stereocenters. The van der Waals surface area contributed by atoms with E-state index in [0.29, 0.717) is 23.2 Å². The lowest BCUT2D eigenvalue weighted by molar-refractivity contribution is -0.116. The predicted octanol–water partition coefficient (Wildman–Crippen LogP) is 2.31.